The van der Waals surface area contributed by atoms with E-state index in [-0.39, 0.29) is 0 Å². The lowest BCUT2D eigenvalue weighted by atomic mass is 10.1. The van der Waals surface area contributed by atoms with E-state index in [0.29, 0.717) is 0 Å². The fourth-order valence-corrected chi connectivity index (χ4v) is 1.30. The fourth-order valence-electron chi connectivity index (χ4n) is 1.30. The summed E-state index contributed by atoms with van der Waals surface area (Å²) in [6.07, 6.45) is 5.64. The molecule has 0 unspecified atom stereocenters. The van der Waals surface area contributed by atoms with Crippen LogP contribution in [0.4, 0.5) is 0 Å². The molecule has 0 saturated carbocycles. The van der Waals surface area contributed by atoms with Crippen molar-refractivity contribution in [1.82, 2.24) is 5.32 Å². The van der Waals surface area contributed by atoms with Crippen molar-refractivity contribution in [3.8, 4) is 0 Å². The van der Waals surface area contributed by atoms with E-state index in [1.165, 1.54) is 11.1 Å². The van der Waals surface area contributed by atoms with E-state index in [1.807, 2.05) is 0 Å². The zero-order valence-electron chi connectivity index (χ0n) is 6.78. The van der Waals surface area contributed by atoms with E-state index in [1.54, 1.807) is 0 Å². The lowest BCUT2D eigenvalue weighted by Crippen LogP contribution is -2.04. The van der Waals surface area contributed by atoms with E-state index >= 15 is 0 Å². The van der Waals surface area contributed by atoms with Gasteiger partial charge in [-0.05, 0) is 24.5 Å². The molecule has 1 saturated heterocycles. The van der Waals surface area contributed by atoms with Gasteiger partial charge in [-0.2, -0.15) is 0 Å². The third-order valence-corrected chi connectivity index (χ3v) is 1.84. The minimum atomic E-state index is 1.06. The second-order valence-electron chi connectivity index (χ2n) is 2.56. The van der Waals surface area contributed by atoms with Crippen molar-refractivity contribution in [2.24, 2.45) is 0 Å². The predicted molar refractivity (Wildman–Crippen MR) is 45.0 cm³/mol. The number of hydrogen-bond donors (Lipinski definition) is 1. The first-order valence-electron chi connectivity index (χ1n) is 3.93. The lowest BCUT2D eigenvalue weighted by molar-refractivity contribution is 0.893. The van der Waals surface area contributed by atoms with Crippen molar-refractivity contribution >= 4 is 0 Å². The molecule has 56 valence electrons. The summed E-state index contributed by atoms with van der Waals surface area (Å²) in [7, 11) is 0. The number of allylic oxidation sites excluding steroid dienone is 2. The van der Waals surface area contributed by atoms with Crippen molar-refractivity contribution in [2.75, 3.05) is 13.1 Å². The molecule has 1 nitrogen and oxygen atoms in total. The van der Waals surface area contributed by atoms with Crippen LogP contribution in [0.3, 0.4) is 0 Å². The molecule has 1 aliphatic rings. The Bertz CT molecular complexity index is 166. The Morgan fingerprint density at radius 3 is 2.70 bits per heavy atom. The molecule has 0 atom stereocenters. The fraction of sp³-hybridized carbons (Fsp3) is 0.556. The van der Waals surface area contributed by atoms with Crippen LogP contribution in [0.15, 0.2) is 23.3 Å². The summed E-state index contributed by atoms with van der Waals surface area (Å²) in [6.45, 7) is 6.40. The third-order valence-electron chi connectivity index (χ3n) is 1.84. The quantitative estimate of drug-likeness (QED) is 0.581. The van der Waals surface area contributed by atoms with Crippen LogP contribution in [0.2, 0.25) is 0 Å². The van der Waals surface area contributed by atoms with Gasteiger partial charge in [0.2, 0.25) is 0 Å². The Labute approximate surface area is 62.8 Å². The third kappa shape index (κ3) is 1.48. The van der Waals surface area contributed by atoms with Crippen LogP contribution < -0.4 is 5.32 Å². The van der Waals surface area contributed by atoms with Crippen molar-refractivity contribution < 1.29 is 0 Å². The molecule has 0 aromatic rings. The number of hydrogen-bond acceptors (Lipinski definition) is 1. The summed E-state index contributed by atoms with van der Waals surface area (Å²) < 4.78 is 0. The number of nitrogens with one attached hydrogen (secondary N) is 1. The van der Waals surface area contributed by atoms with Crippen LogP contribution in [0, 0.1) is 0 Å². The van der Waals surface area contributed by atoms with Gasteiger partial charge in [0.1, 0.15) is 0 Å². The standard InChI is InChI=1S/C9H15N/c1-3-5-9-7-10-6-8(9)4-2/h4-5,10H,3,6-7H2,1-2H3/b8-4-,9-5-. The van der Waals surface area contributed by atoms with Crippen LogP contribution >= 0.6 is 0 Å². The van der Waals surface area contributed by atoms with Crippen LogP contribution in [-0.4, -0.2) is 13.1 Å². The highest BCUT2D eigenvalue weighted by molar-refractivity contribution is 5.36. The van der Waals surface area contributed by atoms with E-state index in [2.05, 4.69) is 31.3 Å². The molecule has 0 amide bonds. The molecule has 1 fully saturated rings. The molecule has 0 aliphatic carbocycles. The van der Waals surface area contributed by atoms with Gasteiger partial charge in [0.15, 0.2) is 0 Å². The summed E-state index contributed by atoms with van der Waals surface area (Å²) in [5, 5.41) is 3.32. The lowest BCUT2D eigenvalue weighted by Gasteiger charge is -1.95. The summed E-state index contributed by atoms with van der Waals surface area (Å²) in [6, 6.07) is 0. The zero-order chi connectivity index (χ0) is 7.40. The summed E-state index contributed by atoms with van der Waals surface area (Å²) >= 11 is 0. The second-order valence-corrected chi connectivity index (χ2v) is 2.56. The molecular weight excluding hydrogens is 122 g/mol. The van der Waals surface area contributed by atoms with Crippen molar-refractivity contribution in [1.29, 1.82) is 0 Å². The Morgan fingerprint density at radius 2 is 2.10 bits per heavy atom. The van der Waals surface area contributed by atoms with E-state index < -0.39 is 0 Å². The van der Waals surface area contributed by atoms with E-state index in [4.69, 9.17) is 0 Å². The minimum Gasteiger partial charge on any atom is -0.309 e. The zero-order valence-corrected chi connectivity index (χ0v) is 6.78. The highest BCUT2D eigenvalue weighted by Gasteiger charge is 2.09. The normalized spacial score (nSPS) is 26.6. The minimum absolute atomic E-state index is 1.06. The summed E-state index contributed by atoms with van der Waals surface area (Å²) in [5.41, 5.74) is 2.96. The molecule has 0 bridgehead atoms. The summed E-state index contributed by atoms with van der Waals surface area (Å²) in [5.74, 6) is 0. The van der Waals surface area contributed by atoms with Gasteiger partial charge < -0.3 is 5.32 Å². The Morgan fingerprint density at radius 1 is 1.40 bits per heavy atom. The van der Waals surface area contributed by atoms with Crippen molar-refractivity contribution in [3.05, 3.63) is 23.3 Å². The van der Waals surface area contributed by atoms with Gasteiger partial charge in [-0.25, -0.2) is 0 Å². The van der Waals surface area contributed by atoms with Gasteiger partial charge in [0.25, 0.3) is 0 Å². The summed E-state index contributed by atoms with van der Waals surface area (Å²) in [4.78, 5) is 0. The van der Waals surface area contributed by atoms with Gasteiger partial charge in [-0.3, -0.25) is 0 Å². The maximum atomic E-state index is 3.32. The molecule has 1 aliphatic heterocycles. The monoisotopic (exact) mass is 137 g/mol. The van der Waals surface area contributed by atoms with E-state index in [0.717, 1.165) is 19.5 Å². The topological polar surface area (TPSA) is 12.0 Å². The highest BCUT2D eigenvalue weighted by Crippen LogP contribution is 2.14. The number of rotatable bonds is 1. The molecule has 10 heavy (non-hydrogen) atoms. The Balaban J connectivity index is 2.68. The van der Waals surface area contributed by atoms with Crippen molar-refractivity contribution in [3.63, 3.8) is 0 Å². The average Bonchev–Trinajstić information content (AvgIpc) is 2.36. The first-order valence-corrected chi connectivity index (χ1v) is 3.93. The first-order chi connectivity index (χ1) is 4.88. The molecule has 0 aromatic carbocycles. The van der Waals surface area contributed by atoms with Gasteiger partial charge in [0.05, 0.1) is 0 Å². The average molecular weight is 137 g/mol. The molecule has 1 heterocycles. The smallest absolute Gasteiger partial charge is 0.0208 e. The second kappa shape index (κ2) is 3.57. The van der Waals surface area contributed by atoms with Crippen molar-refractivity contribution in [2.45, 2.75) is 20.3 Å². The van der Waals surface area contributed by atoms with Crippen LogP contribution in [0.5, 0.6) is 0 Å². The van der Waals surface area contributed by atoms with E-state index in [9.17, 15) is 0 Å². The SMILES string of the molecule is C/C=C1/CNC/C1=C/CC. The molecule has 0 aromatic heterocycles. The first kappa shape index (κ1) is 7.55. The van der Waals surface area contributed by atoms with Crippen LogP contribution in [-0.2, 0) is 0 Å². The van der Waals surface area contributed by atoms with Gasteiger partial charge >= 0.3 is 0 Å². The molecule has 1 rings (SSSR count). The molecular formula is C9H15N. The molecule has 0 spiro atoms. The van der Waals surface area contributed by atoms with Gasteiger partial charge in [0, 0.05) is 13.1 Å². The van der Waals surface area contributed by atoms with Crippen LogP contribution in [0.1, 0.15) is 20.3 Å². The largest absolute Gasteiger partial charge is 0.309 e. The molecule has 0 radical (unpaired) electrons. The maximum absolute atomic E-state index is 3.32. The Kier molecular flexibility index (Phi) is 2.69. The van der Waals surface area contributed by atoms with Gasteiger partial charge in [-0.15, -0.1) is 0 Å². The van der Waals surface area contributed by atoms with Gasteiger partial charge in [-0.1, -0.05) is 19.1 Å². The predicted octanol–water partition coefficient (Wildman–Crippen LogP) is 1.87. The Hall–Kier alpha value is -0.560. The molecule has 1 heteroatoms. The highest BCUT2D eigenvalue weighted by atomic mass is 14.9. The maximum Gasteiger partial charge on any atom is 0.0208 e. The molecule has 1 N–H and O–H groups in total. The van der Waals surface area contributed by atoms with Crippen LogP contribution in [0.25, 0.3) is 0 Å².